The molecule has 1 aromatic carbocycles. The number of hydrogen-bond acceptors (Lipinski definition) is 7. The number of benzene rings is 1. The SMILES string of the molecule is COc1ccc(-c2nnc(SCC(=O)N3CCOC3=O)n2C)cc1. The van der Waals surface area contributed by atoms with E-state index in [1.54, 1.807) is 7.11 Å². The number of nitrogens with zero attached hydrogens (tertiary/aromatic N) is 4. The first kappa shape index (κ1) is 16.3. The zero-order valence-corrected chi connectivity index (χ0v) is 14.1. The zero-order chi connectivity index (χ0) is 17.1. The highest BCUT2D eigenvalue weighted by molar-refractivity contribution is 7.99. The average molecular weight is 348 g/mol. The molecule has 2 heterocycles. The van der Waals surface area contributed by atoms with Crippen LogP contribution < -0.4 is 4.74 Å². The Bertz CT molecular complexity index is 759. The number of cyclic esters (lactones) is 1. The summed E-state index contributed by atoms with van der Waals surface area (Å²) in [7, 11) is 3.44. The molecule has 126 valence electrons. The molecule has 0 atom stereocenters. The van der Waals surface area contributed by atoms with Crippen LogP contribution in [0, 0.1) is 0 Å². The van der Waals surface area contributed by atoms with E-state index in [-0.39, 0.29) is 18.3 Å². The molecule has 1 aliphatic rings. The maximum atomic E-state index is 12.0. The lowest BCUT2D eigenvalue weighted by molar-refractivity contribution is -0.125. The summed E-state index contributed by atoms with van der Waals surface area (Å²) in [5.41, 5.74) is 0.895. The molecular weight excluding hydrogens is 332 g/mol. The van der Waals surface area contributed by atoms with Gasteiger partial charge in [0, 0.05) is 12.6 Å². The quantitative estimate of drug-likeness (QED) is 0.758. The largest absolute Gasteiger partial charge is 0.497 e. The van der Waals surface area contributed by atoms with Crippen molar-refractivity contribution in [3.63, 3.8) is 0 Å². The number of methoxy groups -OCH3 is 1. The summed E-state index contributed by atoms with van der Waals surface area (Å²) in [5.74, 6) is 1.26. The molecule has 0 aliphatic carbocycles. The van der Waals surface area contributed by atoms with Gasteiger partial charge >= 0.3 is 6.09 Å². The monoisotopic (exact) mass is 348 g/mol. The van der Waals surface area contributed by atoms with Crippen molar-refractivity contribution in [2.45, 2.75) is 5.16 Å². The Kier molecular flexibility index (Phi) is 4.70. The minimum atomic E-state index is -0.586. The maximum Gasteiger partial charge on any atom is 0.416 e. The van der Waals surface area contributed by atoms with Crippen molar-refractivity contribution in [2.24, 2.45) is 7.05 Å². The molecule has 1 fully saturated rings. The lowest BCUT2D eigenvalue weighted by Crippen LogP contribution is -2.33. The van der Waals surface area contributed by atoms with Gasteiger partial charge in [-0.05, 0) is 24.3 Å². The average Bonchev–Trinajstić information content (AvgIpc) is 3.19. The summed E-state index contributed by atoms with van der Waals surface area (Å²) in [6.45, 7) is 0.551. The van der Waals surface area contributed by atoms with E-state index >= 15 is 0 Å². The molecule has 0 spiro atoms. The number of carbonyl (C=O) groups excluding carboxylic acids is 2. The summed E-state index contributed by atoms with van der Waals surface area (Å²) in [6.07, 6.45) is -0.586. The first-order valence-electron chi connectivity index (χ1n) is 7.24. The Morgan fingerprint density at radius 3 is 2.71 bits per heavy atom. The van der Waals surface area contributed by atoms with Gasteiger partial charge in [0.2, 0.25) is 5.91 Å². The number of amides is 2. The van der Waals surface area contributed by atoms with Crippen molar-refractivity contribution in [1.29, 1.82) is 0 Å². The van der Waals surface area contributed by atoms with Crippen LogP contribution in [0.2, 0.25) is 0 Å². The molecule has 1 aromatic heterocycles. The molecule has 0 saturated carbocycles. The van der Waals surface area contributed by atoms with E-state index in [1.807, 2.05) is 35.9 Å². The fraction of sp³-hybridized carbons (Fsp3) is 0.333. The van der Waals surface area contributed by atoms with Crippen LogP contribution in [0.15, 0.2) is 29.4 Å². The van der Waals surface area contributed by atoms with Crippen LogP contribution >= 0.6 is 11.8 Å². The van der Waals surface area contributed by atoms with Crippen molar-refractivity contribution in [3.8, 4) is 17.1 Å². The minimum absolute atomic E-state index is 0.101. The Hall–Kier alpha value is -2.55. The fourth-order valence-electron chi connectivity index (χ4n) is 2.26. The van der Waals surface area contributed by atoms with Crippen LogP contribution in [0.3, 0.4) is 0 Å². The Morgan fingerprint density at radius 1 is 1.33 bits per heavy atom. The number of rotatable bonds is 5. The summed E-state index contributed by atoms with van der Waals surface area (Å²) < 4.78 is 11.7. The van der Waals surface area contributed by atoms with Crippen LogP contribution in [0.5, 0.6) is 5.75 Å². The highest BCUT2D eigenvalue weighted by Crippen LogP contribution is 2.24. The van der Waals surface area contributed by atoms with E-state index in [0.717, 1.165) is 16.2 Å². The fourth-order valence-corrected chi connectivity index (χ4v) is 3.04. The summed E-state index contributed by atoms with van der Waals surface area (Å²) >= 11 is 1.23. The maximum absolute atomic E-state index is 12.0. The van der Waals surface area contributed by atoms with Gasteiger partial charge in [-0.1, -0.05) is 11.8 Å². The van der Waals surface area contributed by atoms with Crippen LogP contribution in [-0.4, -0.2) is 57.7 Å². The second kappa shape index (κ2) is 6.91. The van der Waals surface area contributed by atoms with Crippen LogP contribution in [0.1, 0.15) is 0 Å². The normalized spacial score (nSPS) is 13.9. The van der Waals surface area contributed by atoms with Gasteiger partial charge in [-0.2, -0.15) is 0 Å². The first-order valence-corrected chi connectivity index (χ1v) is 8.22. The van der Waals surface area contributed by atoms with Crippen molar-refractivity contribution >= 4 is 23.8 Å². The highest BCUT2D eigenvalue weighted by atomic mass is 32.2. The lowest BCUT2D eigenvalue weighted by Gasteiger charge is -2.09. The number of ether oxygens (including phenoxy) is 2. The van der Waals surface area contributed by atoms with Crippen molar-refractivity contribution in [3.05, 3.63) is 24.3 Å². The number of thioether (sulfide) groups is 1. The van der Waals surface area contributed by atoms with Crippen LogP contribution in [0.4, 0.5) is 4.79 Å². The minimum Gasteiger partial charge on any atom is -0.497 e. The van der Waals surface area contributed by atoms with Crippen molar-refractivity contribution in [1.82, 2.24) is 19.7 Å². The molecule has 0 N–H and O–H groups in total. The number of imide groups is 1. The smallest absolute Gasteiger partial charge is 0.416 e. The molecule has 24 heavy (non-hydrogen) atoms. The van der Waals surface area contributed by atoms with E-state index in [4.69, 9.17) is 9.47 Å². The molecule has 9 heteroatoms. The highest BCUT2D eigenvalue weighted by Gasteiger charge is 2.28. The standard InChI is InChI=1S/C15H16N4O4S/c1-18-13(10-3-5-11(22-2)6-4-10)16-17-14(18)24-9-12(20)19-7-8-23-15(19)21/h3-6H,7-9H2,1-2H3. The second-order valence-electron chi connectivity index (χ2n) is 5.04. The Balaban J connectivity index is 1.68. The molecule has 2 amide bonds. The number of carbonyl (C=O) groups is 2. The third-order valence-corrected chi connectivity index (χ3v) is 4.57. The Morgan fingerprint density at radius 2 is 2.08 bits per heavy atom. The third-order valence-electron chi connectivity index (χ3n) is 3.57. The molecular formula is C15H16N4O4S. The molecule has 2 aromatic rings. The van der Waals surface area contributed by atoms with Crippen LogP contribution in [-0.2, 0) is 16.6 Å². The Labute approximate surface area is 142 Å². The predicted molar refractivity (Wildman–Crippen MR) is 86.8 cm³/mol. The summed E-state index contributed by atoms with van der Waals surface area (Å²) in [4.78, 5) is 24.5. The zero-order valence-electron chi connectivity index (χ0n) is 13.3. The summed E-state index contributed by atoms with van der Waals surface area (Å²) in [6, 6.07) is 7.48. The van der Waals surface area contributed by atoms with Gasteiger partial charge in [-0.15, -0.1) is 10.2 Å². The predicted octanol–water partition coefficient (Wildman–Crippen LogP) is 1.56. The molecule has 3 rings (SSSR count). The molecule has 0 radical (unpaired) electrons. The summed E-state index contributed by atoms with van der Waals surface area (Å²) in [5, 5.41) is 8.88. The van der Waals surface area contributed by atoms with Gasteiger partial charge in [0.05, 0.1) is 19.4 Å². The van der Waals surface area contributed by atoms with E-state index < -0.39 is 6.09 Å². The van der Waals surface area contributed by atoms with Crippen LogP contribution in [0.25, 0.3) is 11.4 Å². The van der Waals surface area contributed by atoms with Crippen molar-refractivity contribution < 1.29 is 19.1 Å². The van der Waals surface area contributed by atoms with Gasteiger partial charge in [-0.3, -0.25) is 4.79 Å². The molecule has 0 bridgehead atoms. The number of hydrogen-bond donors (Lipinski definition) is 0. The topological polar surface area (TPSA) is 86.6 Å². The molecule has 1 aliphatic heterocycles. The molecule has 8 nitrogen and oxygen atoms in total. The third kappa shape index (κ3) is 3.21. The van der Waals surface area contributed by atoms with Gasteiger partial charge in [-0.25, -0.2) is 9.69 Å². The first-order chi connectivity index (χ1) is 11.6. The second-order valence-corrected chi connectivity index (χ2v) is 5.98. The van der Waals surface area contributed by atoms with Gasteiger partial charge in [0.1, 0.15) is 12.4 Å². The lowest BCUT2D eigenvalue weighted by atomic mass is 10.2. The molecule has 0 unspecified atom stereocenters. The van der Waals surface area contributed by atoms with E-state index in [0.29, 0.717) is 17.5 Å². The van der Waals surface area contributed by atoms with E-state index in [2.05, 4.69) is 10.2 Å². The van der Waals surface area contributed by atoms with E-state index in [1.165, 1.54) is 11.8 Å². The number of aromatic nitrogens is 3. The van der Waals surface area contributed by atoms with E-state index in [9.17, 15) is 9.59 Å². The van der Waals surface area contributed by atoms with Gasteiger partial charge in [0.25, 0.3) is 0 Å². The van der Waals surface area contributed by atoms with Gasteiger partial charge in [0.15, 0.2) is 11.0 Å². The van der Waals surface area contributed by atoms with Gasteiger partial charge < -0.3 is 14.0 Å². The molecule has 1 saturated heterocycles. The van der Waals surface area contributed by atoms with Crippen molar-refractivity contribution in [2.75, 3.05) is 26.0 Å².